The van der Waals surface area contributed by atoms with E-state index in [9.17, 15) is 50.8 Å². The molecule has 0 radical (unpaired) electrons. The third-order valence-electron chi connectivity index (χ3n) is 7.25. The Hall–Kier alpha value is -5.59. The fraction of sp³-hybridized carbons (Fsp3) is 0.364. The van der Waals surface area contributed by atoms with Crippen LogP contribution in [0.5, 0.6) is 11.5 Å². The second-order valence-corrected chi connectivity index (χ2v) is 10.8. The molecule has 0 aromatic heterocycles. The number of benzene rings is 3. The van der Waals surface area contributed by atoms with Crippen LogP contribution in [0.3, 0.4) is 0 Å². The number of anilines is 2. The molecule has 2 heterocycles. The van der Waals surface area contributed by atoms with Crippen molar-refractivity contribution in [3.8, 4) is 11.5 Å². The Morgan fingerprint density at radius 2 is 1.23 bits per heavy atom. The molecule has 5 rings (SSSR count). The van der Waals surface area contributed by atoms with Gasteiger partial charge in [-0.15, -0.1) is 26.3 Å². The highest BCUT2D eigenvalue weighted by molar-refractivity contribution is 6.05. The number of amides is 2. The van der Waals surface area contributed by atoms with Gasteiger partial charge in [0.25, 0.3) is 23.2 Å². The van der Waals surface area contributed by atoms with Crippen LogP contribution in [0, 0.1) is 10.1 Å². The Balaban J connectivity index is 0.000000233. The largest absolute Gasteiger partial charge is 0.573 e. The highest BCUT2D eigenvalue weighted by Gasteiger charge is 2.54. The van der Waals surface area contributed by atoms with E-state index in [0.717, 1.165) is 29.3 Å². The zero-order chi connectivity index (χ0) is 42.1. The molecule has 0 saturated heterocycles. The van der Waals surface area contributed by atoms with Gasteiger partial charge >= 0.3 is 24.6 Å². The average Bonchev–Trinajstić information content (AvgIpc) is 3.50. The number of non-ortho nitro benzene ring substituents is 1. The maximum absolute atomic E-state index is 12.3. The second-order valence-electron chi connectivity index (χ2n) is 10.8. The fourth-order valence-electron chi connectivity index (χ4n) is 5.25. The summed E-state index contributed by atoms with van der Waals surface area (Å²) < 4.78 is 103. The first-order valence-electron chi connectivity index (χ1n) is 16.1. The number of nitro benzene ring substituents is 1. The number of halogens is 6. The van der Waals surface area contributed by atoms with Crippen LogP contribution < -0.4 is 31.5 Å². The summed E-state index contributed by atoms with van der Waals surface area (Å²) in [4.78, 5) is 48.8. The summed E-state index contributed by atoms with van der Waals surface area (Å²) in [7, 11) is 0. The lowest BCUT2D eigenvalue weighted by Gasteiger charge is -2.27. The summed E-state index contributed by atoms with van der Waals surface area (Å²) in [6, 6.07) is 11.8. The number of nitrogens with two attached hydrogens (primary N) is 2. The van der Waals surface area contributed by atoms with E-state index in [-0.39, 0.29) is 54.5 Å². The van der Waals surface area contributed by atoms with Crippen molar-refractivity contribution in [2.45, 2.75) is 52.0 Å². The molecule has 0 spiro atoms. The van der Waals surface area contributed by atoms with Gasteiger partial charge in [-0.3, -0.25) is 19.7 Å². The molecule has 23 heteroatoms. The number of nitrogens with one attached hydrogen (secondary N) is 1. The Morgan fingerprint density at radius 3 is 1.68 bits per heavy atom. The van der Waals surface area contributed by atoms with Crippen LogP contribution >= 0.6 is 0 Å². The van der Waals surface area contributed by atoms with E-state index < -0.39 is 58.5 Å². The second kappa shape index (κ2) is 18.4. The molecule has 0 bridgehead atoms. The highest BCUT2D eigenvalue weighted by atomic mass is 19.4. The predicted octanol–water partition coefficient (Wildman–Crippen LogP) is 5.42. The number of alkyl halides is 6. The van der Waals surface area contributed by atoms with E-state index in [1.165, 1.54) is 36.4 Å². The molecule has 0 unspecified atom stereocenters. The topological polar surface area (TPSA) is 226 Å². The van der Waals surface area contributed by atoms with Gasteiger partial charge in [0.1, 0.15) is 11.5 Å². The van der Waals surface area contributed by atoms with Crippen molar-refractivity contribution in [2.24, 2.45) is 11.7 Å². The molecule has 0 fully saturated rings. The number of hydrazine groups is 1. The van der Waals surface area contributed by atoms with Gasteiger partial charge in [-0.1, -0.05) is 0 Å². The summed E-state index contributed by atoms with van der Waals surface area (Å²) in [5, 5.41) is 13.5. The molecule has 5 N–H and O–H groups in total. The summed E-state index contributed by atoms with van der Waals surface area (Å²) in [6.45, 7) is 7.07. The quantitative estimate of drug-likeness (QED) is 0.0519. The zero-order valence-electron chi connectivity index (χ0n) is 29.8. The highest BCUT2D eigenvalue weighted by Crippen LogP contribution is 2.45. The predicted molar refractivity (Wildman–Crippen MR) is 179 cm³/mol. The summed E-state index contributed by atoms with van der Waals surface area (Å²) >= 11 is 0. The summed E-state index contributed by atoms with van der Waals surface area (Å²) in [5.74, 6) is 3.72. The normalized spacial score (nSPS) is 15.0. The Morgan fingerprint density at radius 1 is 0.768 bits per heavy atom. The van der Waals surface area contributed by atoms with E-state index in [0.29, 0.717) is 5.69 Å². The van der Waals surface area contributed by atoms with E-state index in [1.807, 2.05) is 0 Å². The van der Waals surface area contributed by atoms with E-state index in [1.54, 1.807) is 27.7 Å². The Labute approximate surface area is 313 Å². The number of ether oxygens (including phenoxy) is 6. The van der Waals surface area contributed by atoms with E-state index >= 15 is 0 Å². The van der Waals surface area contributed by atoms with Gasteiger partial charge in [0, 0.05) is 44.1 Å². The standard InChI is InChI=1S/C13H15F3N2O4.C13H14F3NO4.C7H6N2O4/c1-3-20-12(21-4-2)9-7-8(22-13(14,15)16)5-6-10(9)18(17)11(12)19;1-3-19-12(20-4-2)9-7-8(21-13(14,15)16)5-6-10(9)17-11(12)18;8-13-7(10)5-1-3-6(4-2-5)9(11)12/h5-7H,3-4,17H2,1-2H3;5-7H,3-4H2,1-2H3,(H,17,18);1-4H,8H2. The van der Waals surface area contributed by atoms with Crippen molar-refractivity contribution in [3.63, 3.8) is 0 Å². The lowest BCUT2D eigenvalue weighted by atomic mass is 10.1. The molecule has 17 nitrogen and oxygen atoms in total. The lowest BCUT2D eigenvalue weighted by Crippen LogP contribution is -2.47. The Bertz CT molecular complexity index is 1870. The summed E-state index contributed by atoms with van der Waals surface area (Å²) in [6.07, 6.45) is -9.66. The van der Waals surface area contributed by atoms with Gasteiger partial charge in [-0.2, -0.15) is 5.90 Å². The number of hydrogen-bond acceptors (Lipinski definition) is 14. The molecule has 2 amide bonds. The maximum Gasteiger partial charge on any atom is 0.573 e. The molecule has 0 atom stereocenters. The van der Waals surface area contributed by atoms with Crippen LogP contribution in [0.4, 0.5) is 43.4 Å². The molecule has 56 heavy (non-hydrogen) atoms. The molecule has 306 valence electrons. The first-order valence-corrected chi connectivity index (χ1v) is 16.1. The summed E-state index contributed by atoms with van der Waals surface area (Å²) in [5.41, 5.74) is 0.850. The van der Waals surface area contributed by atoms with Crippen molar-refractivity contribution < 1.29 is 78.9 Å². The van der Waals surface area contributed by atoms with E-state index in [2.05, 4.69) is 25.5 Å². The number of carbonyl (C=O) groups excluding carboxylic acids is 3. The van der Waals surface area contributed by atoms with Crippen molar-refractivity contribution in [2.75, 3.05) is 36.8 Å². The average molecular weight is 808 g/mol. The zero-order valence-corrected chi connectivity index (χ0v) is 29.8. The molecule has 0 aliphatic carbocycles. The maximum atomic E-state index is 12.3. The van der Waals surface area contributed by atoms with Gasteiger partial charge in [-0.05, 0) is 76.2 Å². The number of rotatable bonds is 12. The number of hydrogen-bond donors (Lipinski definition) is 3. The van der Waals surface area contributed by atoms with Gasteiger partial charge in [0.2, 0.25) is 0 Å². The first-order chi connectivity index (χ1) is 26.2. The van der Waals surface area contributed by atoms with Crippen molar-refractivity contribution in [1.82, 2.24) is 0 Å². The molecular formula is C33H35F6N5O12. The van der Waals surface area contributed by atoms with E-state index in [4.69, 9.17) is 24.8 Å². The number of fused-ring (bicyclic) bond motifs is 2. The molecule has 3 aromatic carbocycles. The van der Waals surface area contributed by atoms with Crippen molar-refractivity contribution in [1.29, 1.82) is 0 Å². The third-order valence-corrected chi connectivity index (χ3v) is 7.25. The molecule has 2 aliphatic heterocycles. The van der Waals surface area contributed by atoms with Crippen LogP contribution in [0.2, 0.25) is 0 Å². The SMILES string of the molecule is CCOC1(OCC)C(=O)N(N)c2ccc(OC(F)(F)F)cc21.CCOC1(OCC)C(=O)Nc2ccc(OC(F)(F)F)cc21.NOC(=O)c1ccc([N+](=O)[O-])cc1. The molecular weight excluding hydrogens is 772 g/mol. The van der Waals surface area contributed by atoms with Crippen LogP contribution in [0.25, 0.3) is 0 Å². The minimum Gasteiger partial charge on any atom is -0.406 e. The Kier molecular flexibility index (Phi) is 14.7. The first kappa shape index (κ1) is 44.8. The molecule has 2 aliphatic rings. The van der Waals surface area contributed by atoms with Crippen LogP contribution in [-0.4, -0.2) is 61.9 Å². The molecule has 0 saturated carbocycles. The number of nitro groups is 1. The van der Waals surface area contributed by atoms with Gasteiger partial charge in [0.15, 0.2) is 0 Å². The minimum absolute atomic E-state index is 0.0745. The number of nitrogens with zero attached hydrogens (tertiary/aromatic N) is 2. The number of carbonyl (C=O) groups is 3. The van der Waals surface area contributed by atoms with Crippen LogP contribution in [0.15, 0.2) is 60.7 Å². The van der Waals surface area contributed by atoms with Gasteiger partial charge in [-0.25, -0.2) is 15.6 Å². The fourth-order valence-corrected chi connectivity index (χ4v) is 5.25. The van der Waals surface area contributed by atoms with Gasteiger partial charge < -0.3 is 38.6 Å². The van der Waals surface area contributed by atoms with Crippen LogP contribution in [-0.2, 0) is 44.9 Å². The van der Waals surface area contributed by atoms with Gasteiger partial charge in [0.05, 0.1) is 27.4 Å². The lowest BCUT2D eigenvalue weighted by molar-refractivity contribution is -0.384. The van der Waals surface area contributed by atoms with Crippen LogP contribution in [0.1, 0.15) is 49.2 Å². The van der Waals surface area contributed by atoms with Crippen molar-refractivity contribution >= 4 is 34.8 Å². The minimum atomic E-state index is -4.85. The van der Waals surface area contributed by atoms with Crippen molar-refractivity contribution in [3.05, 3.63) is 87.5 Å². The third kappa shape index (κ3) is 10.4. The smallest absolute Gasteiger partial charge is 0.406 e. The molecule has 3 aromatic rings. The monoisotopic (exact) mass is 807 g/mol.